The van der Waals surface area contributed by atoms with E-state index < -0.39 is 0 Å². The first-order valence-electron chi connectivity index (χ1n) is 3.06. The van der Waals surface area contributed by atoms with Crippen molar-refractivity contribution in [1.29, 1.82) is 0 Å². The first-order chi connectivity index (χ1) is 4.72. The summed E-state index contributed by atoms with van der Waals surface area (Å²) in [5, 5.41) is 6.76. The van der Waals surface area contributed by atoms with E-state index in [-0.39, 0.29) is 5.60 Å². The van der Waals surface area contributed by atoms with Crippen LogP contribution in [0.15, 0.2) is 10.7 Å². The molecule has 0 aliphatic carbocycles. The molecule has 1 fully saturated rings. The highest BCUT2D eigenvalue weighted by Crippen LogP contribution is 2.39. The molecule has 0 amide bonds. The molecule has 1 aliphatic heterocycles. The summed E-state index contributed by atoms with van der Waals surface area (Å²) in [7, 11) is 0. The van der Waals surface area contributed by atoms with Gasteiger partial charge in [-0.05, 0) is 22.9 Å². The van der Waals surface area contributed by atoms with Crippen molar-refractivity contribution in [3.63, 3.8) is 0 Å². The Kier molecular flexibility index (Phi) is 1.16. The molecule has 1 N–H and O–H groups in total. The van der Waals surface area contributed by atoms with Gasteiger partial charge in [0.05, 0.1) is 23.0 Å². The lowest BCUT2D eigenvalue weighted by atomic mass is 10.1. The van der Waals surface area contributed by atoms with Crippen molar-refractivity contribution in [2.24, 2.45) is 0 Å². The van der Waals surface area contributed by atoms with Gasteiger partial charge in [0.25, 0.3) is 0 Å². The Morgan fingerprint density at radius 3 is 3.00 bits per heavy atom. The number of rotatable bonds is 1. The van der Waals surface area contributed by atoms with Crippen molar-refractivity contribution in [3.8, 4) is 0 Å². The molecule has 2 rings (SSSR count). The summed E-state index contributed by atoms with van der Waals surface area (Å²) in [5.41, 5.74) is 0.933. The first kappa shape index (κ1) is 6.37. The predicted molar refractivity (Wildman–Crippen MR) is 39.6 cm³/mol. The maximum Gasteiger partial charge on any atom is 0.131 e. The molecule has 1 aliphatic rings. The molecular formula is C6H7BrN2O. The Bertz CT molecular complexity index is 254. The van der Waals surface area contributed by atoms with E-state index in [1.165, 1.54) is 0 Å². The van der Waals surface area contributed by atoms with E-state index in [9.17, 15) is 0 Å². The fourth-order valence-electron chi connectivity index (χ4n) is 0.895. The number of H-pyrrole nitrogens is 1. The maximum absolute atomic E-state index is 5.22. The lowest BCUT2D eigenvalue weighted by Gasteiger charge is -1.99. The molecule has 2 heterocycles. The van der Waals surface area contributed by atoms with Crippen molar-refractivity contribution in [1.82, 2.24) is 10.2 Å². The lowest BCUT2D eigenvalue weighted by Crippen LogP contribution is -2.03. The van der Waals surface area contributed by atoms with Gasteiger partial charge in [0.15, 0.2) is 0 Å². The number of nitrogens with one attached hydrogen (secondary N) is 1. The van der Waals surface area contributed by atoms with Gasteiger partial charge in [0, 0.05) is 0 Å². The molecule has 10 heavy (non-hydrogen) atoms. The van der Waals surface area contributed by atoms with Crippen LogP contribution in [0.25, 0.3) is 0 Å². The van der Waals surface area contributed by atoms with Crippen LogP contribution in [0.4, 0.5) is 0 Å². The van der Waals surface area contributed by atoms with Gasteiger partial charge in [0.1, 0.15) is 5.60 Å². The minimum atomic E-state index is -0.102. The van der Waals surface area contributed by atoms with Gasteiger partial charge >= 0.3 is 0 Å². The Hall–Kier alpha value is -0.350. The molecule has 54 valence electrons. The van der Waals surface area contributed by atoms with Crippen molar-refractivity contribution < 1.29 is 4.74 Å². The van der Waals surface area contributed by atoms with Crippen LogP contribution in [0.3, 0.4) is 0 Å². The van der Waals surface area contributed by atoms with Crippen molar-refractivity contribution in [2.75, 3.05) is 6.61 Å². The van der Waals surface area contributed by atoms with Gasteiger partial charge < -0.3 is 4.74 Å². The lowest BCUT2D eigenvalue weighted by molar-refractivity contribution is 0.322. The van der Waals surface area contributed by atoms with Crippen LogP contribution in [-0.2, 0) is 10.3 Å². The standard InChI is InChI=1S/C6H7BrN2O/c1-6(3-10-6)5-4(7)2-8-9-5/h2H,3H2,1H3,(H,8,9). The molecule has 1 atom stereocenters. The zero-order valence-corrected chi connectivity index (χ0v) is 7.10. The zero-order chi connectivity index (χ0) is 7.19. The minimum absolute atomic E-state index is 0.102. The minimum Gasteiger partial charge on any atom is -0.363 e. The van der Waals surface area contributed by atoms with Crippen molar-refractivity contribution >= 4 is 15.9 Å². The fraction of sp³-hybridized carbons (Fsp3) is 0.500. The highest BCUT2D eigenvalue weighted by Gasteiger charge is 2.44. The normalized spacial score (nSPS) is 30.6. The van der Waals surface area contributed by atoms with Crippen LogP contribution in [-0.4, -0.2) is 16.8 Å². The Labute approximate surface area is 66.9 Å². The second kappa shape index (κ2) is 1.83. The van der Waals surface area contributed by atoms with E-state index in [0.717, 1.165) is 16.8 Å². The average molecular weight is 203 g/mol. The number of hydrogen-bond donors (Lipinski definition) is 1. The summed E-state index contributed by atoms with van der Waals surface area (Å²) in [6.07, 6.45) is 1.74. The van der Waals surface area contributed by atoms with E-state index in [1.54, 1.807) is 6.20 Å². The molecule has 1 unspecified atom stereocenters. The predicted octanol–water partition coefficient (Wildman–Crippen LogP) is 1.42. The smallest absolute Gasteiger partial charge is 0.131 e. The highest BCUT2D eigenvalue weighted by molar-refractivity contribution is 9.10. The van der Waals surface area contributed by atoms with E-state index in [4.69, 9.17) is 4.74 Å². The van der Waals surface area contributed by atoms with E-state index >= 15 is 0 Å². The van der Waals surface area contributed by atoms with Crippen LogP contribution in [0.5, 0.6) is 0 Å². The zero-order valence-electron chi connectivity index (χ0n) is 5.52. The molecule has 0 bridgehead atoms. The van der Waals surface area contributed by atoms with Crippen molar-refractivity contribution in [2.45, 2.75) is 12.5 Å². The number of aromatic amines is 1. The molecule has 0 saturated carbocycles. The van der Waals surface area contributed by atoms with Crippen LogP contribution in [0, 0.1) is 0 Å². The monoisotopic (exact) mass is 202 g/mol. The molecule has 0 aromatic carbocycles. The maximum atomic E-state index is 5.22. The molecule has 4 heteroatoms. The summed E-state index contributed by atoms with van der Waals surface area (Å²) >= 11 is 3.37. The number of ether oxygens (including phenoxy) is 1. The van der Waals surface area contributed by atoms with E-state index in [1.807, 2.05) is 6.92 Å². The molecule has 0 spiro atoms. The van der Waals surface area contributed by atoms with Crippen molar-refractivity contribution in [3.05, 3.63) is 16.4 Å². The van der Waals surface area contributed by atoms with Crippen LogP contribution in [0.2, 0.25) is 0 Å². The third-order valence-electron chi connectivity index (χ3n) is 1.70. The van der Waals surface area contributed by atoms with Crippen LogP contribution >= 0.6 is 15.9 Å². The number of halogens is 1. The Balaban J connectivity index is 2.42. The second-order valence-corrected chi connectivity index (χ2v) is 3.47. The summed E-state index contributed by atoms with van der Waals surface area (Å²) in [6, 6.07) is 0. The first-order valence-corrected chi connectivity index (χ1v) is 3.85. The SMILES string of the molecule is CC1(c2[nH]ncc2Br)CO1. The largest absolute Gasteiger partial charge is 0.363 e. The van der Waals surface area contributed by atoms with Crippen LogP contribution in [0.1, 0.15) is 12.6 Å². The van der Waals surface area contributed by atoms with Gasteiger partial charge in [-0.25, -0.2) is 0 Å². The highest BCUT2D eigenvalue weighted by atomic mass is 79.9. The Morgan fingerprint density at radius 2 is 2.60 bits per heavy atom. The summed E-state index contributed by atoms with van der Waals surface area (Å²) < 4.78 is 6.21. The van der Waals surface area contributed by atoms with Crippen LogP contribution < -0.4 is 0 Å². The third-order valence-corrected chi connectivity index (χ3v) is 2.30. The summed E-state index contributed by atoms with van der Waals surface area (Å²) in [5.74, 6) is 0. The molecular weight excluding hydrogens is 196 g/mol. The topological polar surface area (TPSA) is 41.2 Å². The summed E-state index contributed by atoms with van der Waals surface area (Å²) in [4.78, 5) is 0. The third kappa shape index (κ3) is 0.793. The molecule has 1 aromatic rings. The summed E-state index contributed by atoms with van der Waals surface area (Å²) in [6.45, 7) is 2.82. The Morgan fingerprint density at radius 1 is 1.90 bits per heavy atom. The van der Waals surface area contributed by atoms with E-state index in [2.05, 4.69) is 26.1 Å². The quantitative estimate of drug-likeness (QED) is 0.701. The molecule has 0 radical (unpaired) electrons. The number of epoxide rings is 1. The number of hydrogen-bond acceptors (Lipinski definition) is 2. The van der Waals surface area contributed by atoms with Gasteiger partial charge in [-0.3, -0.25) is 5.10 Å². The molecule has 1 aromatic heterocycles. The number of aromatic nitrogens is 2. The van der Waals surface area contributed by atoms with Gasteiger partial charge in [-0.2, -0.15) is 5.10 Å². The van der Waals surface area contributed by atoms with E-state index in [0.29, 0.717) is 0 Å². The van der Waals surface area contributed by atoms with Gasteiger partial charge in [-0.15, -0.1) is 0 Å². The van der Waals surface area contributed by atoms with Gasteiger partial charge in [-0.1, -0.05) is 0 Å². The van der Waals surface area contributed by atoms with Gasteiger partial charge in [0.2, 0.25) is 0 Å². The number of nitrogens with zero attached hydrogens (tertiary/aromatic N) is 1. The average Bonchev–Trinajstić information content (AvgIpc) is 2.44. The second-order valence-electron chi connectivity index (χ2n) is 2.61. The molecule has 3 nitrogen and oxygen atoms in total. The molecule has 1 saturated heterocycles. The fourth-order valence-corrected chi connectivity index (χ4v) is 1.51.